The summed E-state index contributed by atoms with van der Waals surface area (Å²) in [5.41, 5.74) is -1.77. The Balaban J connectivity index is 0.00000136. The van der Waals surface area contributed by atoms with Crippen LogP contribution in [0.1, 0.15) is 154 Å². The summed E-state index contributed by atoms with van der Waals surface area (Å²) in [6.07, 6.45) is 27.7. The summed E-state index contributed by atoms with van der Waals surface area (Å²) in [5, 5.41) is 22.3. The number of rotatable bonds is 42. The van der Waals surface area contributed by atoms with Crippen LogP contribution in [-0.4, -0.2) is 114 Å². The van der Waals surface area contributed by atoms with Gasteiger partial charge >= 0.3 is 29.1 Å². The number of amides is 4. The number of ether oxygens (including phenoxy) is 2. The van der Waals surface area contributed by atoms with E-state index in [-0.39, 0.29) is 19.6 Å². The molecule has 0 aliphatic rings. The molecule has 0 fully saturated rings. The lowest BCUT2D eigenvalue weighted by Crippen LogP contribution is -2.54. The third-order valence-corrected chi connectivity index (χ3v) is 10.8. The topological polar surface area (TPSA) is 311 Å². The maximum Gasteiger partial charge on any atom is 0.336 e. The summed E-state index contributed by atoms with van der Waals surface area (Å²) in [5.74, 6) is 0. The largest absolute Gasteiger partial charge is 0.428 e. The minimum absolute atomic E-state index is 0.212. The normalized spacial score (nSPS) is 10.0. The molecule has 1 aromatic heterocycles. The Labute approximate surface area is 410 Å². The van der Waals surface area contributed by atoms with Crippen LogP contribution in [0, 0.1) is 23.0 Å². The molecule has 0 aliphatic carbocycles. The number of nitrogens with zero attached hydrogens (tertiary/aromatic N) is 10. The summed E-state index contributed by atoms with van der Waals surface area (Å²) < 4.78 is 12.7. The number of aromatic nitrogens is 3. The minimum Gasteiger partial charge on any atom is -0.428 e. The fourth-order valence-corrected chi connectivity index (χ4v) is 6.97. The van der Waals surface area contributed by atoms with Gasteiger partial charge in [-0.15, -0.1) is 0 Å². The van der Waals surface area contributed by atoms with Crippen LogP contribution in [-0.2, 0) is 48.3 Å². The third-order valence-electron chi connectivity index (χ3n) is 10.8. The number of carbonyl (C=O) groups is 2. The first kappa shape index (κ1) is 63.2. The minimum atomic E-state index is -0.592. The summed E-state index contributed by atoms with van der Waals surface area (Å²) in [6.45, 7) is 4.36. The molecule has 1 rings (SSSR count). The average Bonchev–Trinajstić information content (AvgIpc) is 3.35. The number of carbonyl (C=O) groups excluding carboxylic acids is 6. The molecule has 2 N–H and O–H groups in total. The smallest absolute Gasteiger partial charge is 0.336 e. The predicted molar refractivity (Wildman–Crippen MR) is 259 cm³/mol. The molecule has 0 saturated heterocycles. The van der Waals surface area contributed by atoms with Crippen LogP contribution in [0.2, 0.25) is 0 Å². The molecule has 0 bridgehead atoms. The molecule has 0 spiro atoms. The second kappa shape index (κ2) is 47.3. The van der Waals surface area contributed by atoms with E-state index in [1.54, 1.807) is 12.5 Å². The summed E-state index contributed by atoms with van der Waals surface area (Å²) >= 11 is 0. The van der Waals surface area contributed by atoms with Crippen molar-refractivity contribution in [1.82, 2.24) is 29.2 Å². The Bertz CT molecular complexity index is 1980. The van der Waals surface area contributed by atoms with Gasteiger partial charge in [-0.25, -0.2) is 81.7 Å². The van der Waals surface area contributed by atoms with Crippen LogP contribution in [0.4, 0.5) is 9.59 Å². The van der Waals surface area contributed by atoms with Gasteiger partial charge in [-0.05, 0) is 89.9 Å². The van der Waals surface area contributed by atoms with Gasteiger partial charge in [-0.3, -0.25) is 0 Å². The van der Waals surface area contributed by atoms with Crippen LogP contribution in [0.15, 0.2) is 34.4 Å². The summed E-state index contributed by atoms with van der Waals surface area (Å²) in [4.78, 5) is 120. The molecular formula is C47H74N12O11. The van der Waals surface area contributed by atoms with E-state index in [9.17, 15) is 43.2 Å². The van der Waals surface area contributed by atoms with Crippen molar-refractivity contribution in [2.45, 2.75) is 174 Å². The molecule has 1 aromatic rings. The molecule has 4 amide bonds. The van der Waals surface area contributed by atoms with Crippen LogP contribution in [0.5, 0.6) is 0 Å². The quantitative estimate of drug-likeness (QED) is 0.0350. The maximum atomic E-state index is 13.0. The number of hydrogen-bond acceptors (Lipinski definition) is 17. The van der Waals surface area contributed by atoms with E-state index in [4.69, 9.17) is 10.5 Å². The molecule has 0 aromatic carbocycles. The molecule has 1 heterocycles. The Morgan fingerprint density at radius 3 is 1.03 bits per heavy atom. The Morgan fingerprint density at radius 2 is 0.714 bits per heavy atom. The molecule has 70 heavy (non-hydrogen) atoms. The standard InChI is InChI=1S/C24H36N6O6.C23H38N6O5/c25-19-36-18-12-6-5-11-17-30-23(34)28(15-9-3-1-7-13-26-20-31)22(33)29(24(30)35)16-10-4-2-8-14-27-21-32;24-19-34-18-12-6-4-10-16-28-23(33)29(17-11-5-3-8-14-26-21-31)22(32)27-15-9-2-1-7-13-25-20-30/h1-18H2;1-18H2,(H,27,32)(H,28,33). The highest BCUT2D eigenvalue weighted by atomic mass is 16.5. The van der Waals surface area contributed by atoms with Gasteiger partial charge < -0.3 is 20.1 Å². The third kappa shape index (κ3) is 33.7. The van der Waals surface area contributed by atoms with E-state index >= 15 is 0 Å². The number of nitriles is 2. The molecule has 0 aliphatic heterocycles. The summed E-state index contributed by atoms with van der Waals surface area (Å²) in [7, 11) is 0. The average molecular weight is 983 g/mol. The Hall–Kier alpha value is -6.75. The lowest BCUT2D eigenvalue weighted by molar-refractivity contribution is 0.184. The molecule has 23 heteroatoms. The second-order valence-electron chi connectivity index (χ2n) is 16.2. The zero-order valence-corrected chi connectivity index (χ0v) is 40.9. The van der Waals surface area contributed by atoms with Gasteiger partial charge in [-0.2, -0.15) is 10.5 Å². The highest BCUT2D eigenvalue weighted by Gasteiger charge is 2.20. The van der Waals surface area contributed by atoms with Crippen molar-refractivity contribution in [2.75, 3.05) is 59.0 Å². The first-order valence-corrected chi connectivity index (χ1v) is 24.7. The highest BCUT2D eigenvalue weighted by molar-refractivity contribution is 5.93. The van der Waals surface area contributed by atoms with Gasteiger partial charge in [0, 0.05) is 39.3 Å². The lowest BCUT2D eigenvalue weighted by atomic mass is 10.2. The number of aliphatic imine (C=N–C) groups is 4. The number of unbranched alkanes of at least 4 members (excludes halogenated alkanes) is 18. The van der Waals surface area contributed by atoms with E-state index in [1.807, 2.05) is 0 Å². The zero-order chi connectivity index (χ0) is 51.6. The van der Waals surface area contributed by atoms with Crippen LogP contribution in [0.25, 0.3) is 0 Å². The van der Waals surface area contributed by atoms with Gasteiger partial charge in [0.05, 0.1) is 26.2 Å². The monoisotopic (exact) mass is 983 g/mol. The first-order valence-electron chi connectivity index (χ1n) is 24.7. The fraction of sp³-hybridized carbons (Fsp3) is 0.766. The van der Waals surface area contributed by atoms with Gasteiger partial charge in [0.15, 0.2) is 0 Å². The van der Waals surface area contributed by atoms with E-state index in [0.717, 1.165) is 136 Å². The maximum absolute atomic E-state index is 13.0. The number of urea groups is 2. The Kier molecular flexibility index (Phi) is 42.8. The number of imide groups is 1. The zero-order valence-electron chi connectivity index (χ0n) is 40.9. The van der Waals surface area contributed by atoms with Gasteiger partial charge in [0.2, 0.25) is 24.3 Å². The SMILES string of the molecule is N#COCCCCCCNC(=O)N(CCCCCCN=C=O)C(=O)NCCCCCCN=C=O.N#COCCCCCCn1c(=O)n(CCCCCCN=C=O)c(=O)n(CCCCCCN=C=O)c1=O. The second-order valence-corrected chi connectivity index (χ2v) is 16.2. The van der Waals surface area contributed by atoms with Crippen LogP contribution in [0.3, 0.4) is 0 Å². The molecule has 0 saturated carbocycles. The van der Waals surface area contributed by atoms with E-state index in [0.29, 0.717) is 91.1 Å². The molecule has 23 nitrogen and oxygen atoms in total. The van der Waals surface area contributed by atoms with Crippen LogP contribution < -0.4 is 27.7 Å². The molecule has 0 unspecified atom stereocenters. The Morgan fingerprint density at radius 1 is 0.429 bits per heavy atom. The summed E-state index contributed by atoms with van der Waals surface area (Å²) in [6, 6.07) is -0.829. The fourth-order valence-electron chi connectivity index (χ4n) is 6.97. The van der Waals surface area contributed by atoms with Crippen molar-refractivity contribution in [1.29, 1.82) is 10.5 Å². The van der Waals surface area contributed by atoms with E-state index in [2.05, 4.69) is 40.1 Å². The van der Waals surface area contributed by atoms with Gasteiger partial charge in [-0.1, -0.05) is 64.2 Å². The van der Waals surface area contributed by atoms with Crippen molar-refractivity contribution in [2.24, 2.45) is 20.0 Å². The van der Waals surface area contributed by atoms with E-state index < -0.39 is 29.1 Å². The van der Waals surface area contributed by atoms with Gasteiger partial charge in [0.25, 0.3) is 12.5 Å². The number of hydrogen-bond donors (Lipinski definition) is 2. The first-order chi connectivity index (χ1) is 34.2. The number of nitrogens with one attached hydrogen (secondary N) is 2. The number of isocyanates is 4. The highest BCUT2D eigenvalue weighted by Crippen LogP contribution is 2.07. The van der Waals surface area contributed by atoms with Crippen molar-refractivity contribution < 1.29 is 38.2 Å². The van der Waals surface area contributed by atoms with Crippen LogP contribution >= 0.6 is 0 Å². The van der Waals surface area contributed by atoms with Crippen molar-refractivity contribution in [3.05, 3.63) is 31.5 Å². The molecule has 0 radical (unpaired) electrons. The molecule has 0 atom stereocenters. The predicted octanol–water partition coefficient (Wildman–Crippen LogP) is 5.58. The molecule has 388 valence electrons. The molecular weight excluding hydrogens is 909 g/mol. The van der Waals surface area contributed by atoms with E-state index in [1.165, 1.54) is 29.2 Å². The van der Waals surface area contributed by atoms with Crippen molar-refractivity contribution >= 4 is 36.4 Å². The lowest BCUT2D eigenvalue weighted by Gasteiger charge is -2.22. The van der Waals surface area contributed by atoms with Crippen molar-refractivity contribution in [3.63, 3.8) is 0 Å². The van der Waals surface area contributed by atoms with Gasteiger partial charge in [0.1, 0.15) is 13.2 Å². The van der Waals surface area contributed by atoms with Crippen molar-refractivity contribution in [3.8, 4) is 12.5 Å².